The molecule has 0 aromatic rings. The lowest BCUT2D eigenvalue weighted by Crippen LogP contribution is -1.99. The first-order chi connectivity index (χ1) is 13.8. The number of esters is 1. The molecule has 168 valence electrons. The van der Waals surface area contributed by atoms with E-state index in [0.717, 1.165) is 12.8 Å². The highest BCUT2D eigenvalue weighted by atomic mass is 16.5. The molecule has 0 aliphatic rings. The monoisotopic (exact) mass is 398 g/mol. The summed E-state index contributed by atoms with van der Waals surface area (Å²) in [7, 11) is 1.47. The molecule has 0 radical (unpaired) electrons. The SMILES string of the molecule is COC(=O)CCCCCCCCCCCCCCCCCCCCCCCO. The van der Waals surface area contributed by atoms with E-state index in [2.05, 4.69) is 4.74 Å². The standard InChI is InChI=1S/C25H50O3/c1-28-25(27)23-21-19-17-15-13-11-9-7-5-3-2-4-6-8-10-12-14-16-18-20-22-24-26/h26H,2-24H2,1H3. The van der Waals surface area contributed by atoms with Crippen molar-refractivity contribution in [1.82, 2.24) is 0 Å². The maximum atomic E-state index is 11.0. The van der Waals surface area contributed by atoms with E-state index in [1.54, 1.807) is 0 Å². The molecular formula is C25H50O3. The molecule has 0 atom stereocenters. The largest absolute Gasteiger partial charge is 0.469 e. The predicted octanol–water partition coefficient (Wildman–Crippen LogP) is 7.73. The Hall–Kier alpha value is -0.570. The quantitative estimate of drug-likeness (QED) is 0.141. The molecule has 0 aliphatic carbocycles. The Kier molecular flexibility index (Phi) is 24.0. The summed E-state index contributed by atoms with van der Waals surface area (Å²) in [6.07, 6.45) is 28.5. The van der Waals surface area contributed by atoms with E-state index in [9.17, 15) is 4.79 Å². The van der Waals surface area contributed by atoms with Crippen LogP contribution >= 0.6 is 0 Å². The Morgan fingerprint density at radius 2 is 0.750 bits per heavy atom. The average molecular weight is 399 g/mol. The van der Waals surface area contributed by atoms with Gasteiger partial charge < -0.3 is 9.84 Å². The van der Waals surface area contributed by atoms with Crippen LogP contribution in [0.25, 0.3) is 0 Å². The van der Waals surface area contributed by atoms with Crippen LogP contribution in [-0.2, 0) is 9.53 Å². The van der Waals surface area contributed by atoms with Crippen molar-refractivity contribution >= 4 is 5.97 Å². The predicted molar refractivity (Wildman–Crippen MR) is 121 cm³/mol. The third-order valence-corrected chi connectivity index (χ3v) is 5.77. The molecule has 1 N–H and O–H groups in total. The topological polar surface area (TPSA) is 46.5 Å². The number of methoxy groups -OCH3 is 1. The first-order valence-electron chi connectivity index (χ1n) is 12.5. The van der Waals surface area contributed by atoms with E-state index in [1.165, 1.54) is 129 Å². The second-order valence-corrected chi connectivity index (χ2v) is 8.47. The highest BCUT2D eigenvalue weighted by Gasteiger charge is 1.99. The van der Waals surface area contributed by atoms with Gasteiger partial charge in [0.15, 0.2) is 0 Å². The molecule has 28 heavy (non-hydrogen) atoms. The number of ether oxygens (including phenoxy) is 1. The number of unbranched alkanes of at least 4 members (excludes halogenated alkanes) is 20. The summed E-state index contributed by atoms with van der Waals surface area (Å²) in [5.74, 6) is -0.0683. The lowest BCUT2D eigenvalue weighted by Gasteiger charge is -2.04. The molecule has 0 amide bonds. The third-order valence-electron chi connectivity index (χ3n) is 5.77. The Labute approximate surface area is 176 Å². The first kappa shape index (κ1) is 27.4. The van der Waals surface area contributed by atoms with Crippen LogP contribution in [0, 0.1) is 0 Å². The van der Waals surface area contributed by atoms with Gasteiger partial charge in [0.2, 0.25) is 0 Å². The summed E-state index contributed by atoms with van der Waals surface area (Å²) < 4.78 is 4.65. The molecule has 0 aromatic carbocycles. The van der Waals surface area contributed by atoms with E-state index < -0.39 is 0 Å². The fraction of sp³-hybridized carbons (Fsp3) is 0.960. The highest BCUT2D eigenvalue weighted by molar-refractivity contribution is 5.68. The number of aliphatic hydroxyl groups excluding tert-OH is 1. The highest BCUT2D eigenvalue weighted by Crippen LogP contribution is 2.15. The van der Waals surface area contributed by atoms with Gasteiger partial charge in [0.25, 0.3) is 0 Å². The van der Waals surface area contributed by atoms with Gasteiger partial charge in [-0.1, -0.05) is 122 Å². The van der Waals surface area contributed by atoms with Crippen LogP contribution in [0.5, 0.6) is 0 Å². The van der Waals surface area contributed by atoms with Crippen molar-refractivity contribution in [1.29, 1.82) is 0 Å². The second kappa shape index (κ2) is 24.5. The Bertz CT molecular complexity index is 304. The fourth-order valence-electron chi connectivity index (χ4n) is 3.84. The van der Waals surface area contributed by atoms with Gasteiger partial charge in [-0.05, 0) is 12.8 Å². The summed E-state index contributed by atoms with van der Waals surface area (Å²) in [6, 6.07) is 0. The maximum Gasteiger partial charge on any atom is 0.305 e. The van der Waals surface area contributed by atoms with Gasteiger partial charge >= 0.3 is 5.97 Å². The van der Waals surface area contributed by atoms with Crippen molar-refractivity contribution in [3.8, 4) is 0 Å². The van der Waals surface area contributed by atoms with Gasteiger partial charge in [-0.3, -0.25) is 4.79 Å². The molecule has 0 saturated heterocycles. The molecule has 0 aliphatic heterocycles. The summed E-state index contributed by atoms with van der Waals surface area (Å²) in [6.45, 7) is 0.362. The second-order valence-electron chi connectivity index (χ2n) is 8.47. The smallest absolute Gasteiger partial charge is 0.305 e. The number of hydrogen-bond donors (Lipinski definition) is 1. The van der Waals surface area contributed by atoms with Crippen LogP contribution in [0.3, 0.4) is 0 Å². The number of rotatable bonds is 23. The van der Waals surface area contributed by atoms with Crippen LogP contribution in [-0.4, -0.2) is 24.8 Å². The zero-order chi connectivity index (χ0) is 20.5. The number of carbonyl (C=O) groups is 1. The van der Waals surface area contributed by atoms with E-state index in [-0.39, 0.29) is 5.97 Å². The Morgan fingerprint density at radius 3 is 1.00 bits per heavy atom. The molecular weight excluding hydrogens is 348 g/mol. The van der Waals surface area contributed by atoms with Crippen molar-refractivity contribution in [2.24, 2.45) is 0 Å². The van der Waals surface area contributed by atoms with Crippen molar-refractivity contribution in [3.05, 3.63) is 0 Å². The van der Waals surface area contributed by atoms with Crippen LogP contribution in [0.1, 0.15) is 141 Å². The molecule has 0 aromatic heterocycles. The fourth-order valence-corrected chi connectivity index (χ4v) is 3.84. The van der Waals surface area contributed by atoms with Gasteiger partial charge in [0.1, 0.15) is 0 Å². The molecule has 0 rings (SSSR count). The Balaban J connectivity index is 3.00. The van der Waals surface area contributed by atoms with Gasteiger partial charge in [0.05, 0.1) is 7.11 Å². The van der Waals surface area contributed by atoms with Crippen LogP contribution < -0.4 is 0 Å². The lowest BCUT2D eigenvalue weighted by atomic mass is 10.0. The summed E-state index contributed by atoms with van der Waals surface area (Å²) in [5, 5.41) is 8.73. The van der Waals surface area contributed by atoms with E-state index in [4.69, 9.17) is 5.11 Å². The van der Waals surface area contributed by atoms with Crippen molar-refractivity contribution < 1.29 is 14.6 Å². The normalized spacial score (nSPS) is 11.1. The summed E-state index contributed by atoms with van der Waals surface area (Å²) in [5.41, 5.74) is 0. The number of carbonyl (C=O) groups excluding carboxylic acids is 1. The third kappa shape index (κ3) is 23.5. The van der Waals surface area contributed by atoms with Gasteiger partial charge in [-0.2, -0.15) is 0 Å². The van der Waals surface area contributed by atoms with Gasteiger partial charge in [-0.25, -0.2) is 0 Å². The minimum atomic E-state index is -0.0683. The van der Waals surface area contributed by atoms with Gasteiger partial charge in [0, 0.05) is 13.0 Å². The number of hydrogen-bond acceptors (Lipinski definition) is 3. The van der Waals surface area contributed by atoms with E-state index >= 15 is 0 Å². The molecule has 3 heteroatoms. The van der Waals surface area contributed by atoms with Crippen LogP contribution in [0.2, 0.25) is 0 Å². The van der Waals surface area contributed by atoms with Crippen LogP contribution in [0.4, 0.5) is 0 Å². The Morgan fingerprint density at radius 1 is 0.500 bits per heavy atom. The van der Waals surface area contributed by atoms with Crippen molar-refractivity contribution in [2.75, 3.05) is 13.7 Å². The number of aliphatic hydroxyl groups is 1. The zero-order valence-electron chi connectivity index (χ0n) is 19.0. The maximum absolute atomic E-state index is 11.0. The van der Waals surface area contributed by atoms with E-state index in [1.807, 2.05) is 0 Å². The van der Waals surface area contributed by atoms with Crippen molar-refractivity contribution in [2.45, 2.75) is 141 Å². The van der Waals surface area contributed by atoms with Gasteiger partial charge in [-0.15, -0.1) is 0 Å². The van der Waals surface area contributed by atoms with Crippen LogP contribution in [0.15, 0.2) is 0 Å². The average Bonchev–Trinajstić information content (AvgIpc) is 2.71. The molecule has 0 heterocycles. The molecule has 0 spiro atoms. The molecule has 0 fully saturated rings. The molecule has 0 saturated carbocycles. The minimum Gasteiger partial charge on any atom is -0.469 e. The molecule has 3 nitrogen and oxygen atoms in total. The summed E-state index contributed by atoms with van der Waals surface area (Å²) >= 11 is 0. The molecule has 0 bridgehead atoms. The minimum absolute atomic E-state index is 0.0683. The zero-order valence-corrected chi connectivity index (χ0v) is 19.0. The lowest BCUT2D eigenvalue weighted by molar-refractivity contribution is -0.140. The first-order valence-corrected chi connectivity index (χ1v) is 12.5. The van der Waals surface area contributed by atoms with Crippen molar-refractivity contribution in [3.63, 3.8) is 0 Å². The molecule has 0 unspecified atom stereocenters. The summed E-state index contributed by atoms with van der Waals surface area (Å²) in [4.78, 5) is 11.0. The van der Waals surface area contributed by atoms with E-state index in [0.29, 0.717) is 13.0 Å².